The topological polar surface area (TPSA) is 83.1 Å². The van der Waals surface area contributed by atoms with E-state index in [2.05, 4.69) is 21.2 Å². The average Bonchev–Trinajstić information content (AvgIpc) is 2.90. The van der Waals surface area contributed by atoms with Gasteiger partial charge in [-0.1, -0.05) is 18.2 Å². The number of rotatable bonds is 9. The van der Waals surface area contributed by atoms with Gasteiger partial charge in [-0.2, -0.15) is 0 Å². The minimum atomic E-state index is -0.553. The maximum atomic E-state index is 13.7. The number of dihydropyridines is 1. The number of halogens is 1. The normalized spacial score (nSPS) is 19.3. The van der Waals surface area contributed by atoms with E-state index >= 15 is 0 Å². The summed E-state index contributed by atoms with van der Waals surface area (Å²) in [5, 5.41) is 3.39. The first-order valence-corrected chi connectivity index (χ1v) is 13.1. The fourth-order valence-corrected chi connectivity index (χ4v) is 5.59. The number of ether oxygens (including phenoxy) is 4. The summed E-state index contributed by atoms with van der Waals surface area (Å²) < 4.78 is 22.3. The number of esters is 1. The lowest BCUT2D eigenvalue weighted by Gasteiger charge is -2.36. The van der Waals surface area contributed by atoms with Crippen LogP contribution < -0.4 is 14.8 Å². The predicted octanol–water partition coefficient (Wildman–Crippen LogP) is 5.41. The van der Waals surface area contributed by atoms with Crippen molar-refractivity contribution < 1.29 is 28.5 Å². The zero-order chi connectivity index (χ0) is 26.5. The van der Waals surface area contributed by atoms with Gasteiger partial charge in [-0.25, -0.2) is 4.79 Å². The van der Waals surface area contributed by atoms with E-state index in [1.807, 2.05) is 56.3 Å². The Kier molecular flexibility index (Phi) is 8.71. The van der Waals surface area contributed by atoms with Gasteiger partial charge >= 0.3 is 5.97 Å². The van der Waals surface area contributed by atoms with Crippen LogP contribution in [-0.2, 0) is 19.1 Å². The molecule has 196 valence electrons. The highest BCUT2D eigenvalue weighted by molar-refractivity contribution is 9.10. The number of carbonyl (C=O) groups excluding carboxylic acids is 2. The maximum absolute atomic E-state index is 13.7. The molecule has 2 atom stereocenters. The summed E-state index contributed by atoms with van der Waals surface area (Å²) in [5.74, 6) is 0.473. The Morgan fingerprint density at radius 3 is 2.41 bits per heavy atom. The third-order valence-corrected chi connectivity index (χ3v) is 7.43. The zero-order valence-electron chi connectivity index (χ0n) is 21.6. The van der Waals surface area contributed by atoms with Gasteiger partial charge in [-0.3, -0.25) is 4.79 Å². The van der Waals surface area contributed by atoms with Gasteiger partial charge < -0.3 is 24.3 Å². The van der Waals surface area contributed by atoms with Crippen molar-refractivity contribution in [1.29, 1.82) is 0 Å². The van der Waals surface area contributed by atoms with Gasteiger partial charge in [0.1, 0.15) is 18.1 Å². The molecule has 1 aliphatic heterocycles. The molecule has 8 heteroatoms. The van der Waals surface area contributed by atoms with Crippen LogP contribution in [0.5, 0.6) is 11.5 Å². The van der Waals surface area contributed by atoms with Gasteiger partial charge in [-0.05, 0) is 77.5 Å². The first-order chi connectivity index (χ1) is 17.9. The maximum Gasteiger partial charge on any atom is 0.336 e. The van der Waals surface area contributed by atoms with Crippen LogP contribution in [0.25, 0.3) is 0 Å². The summed E-state index contributed by atoms with van der Waals surface area (Å²) in [5.41, 5.74) is 4.47. The van der Waals surface area contributed by atoms with Gasteiger partial charge in [0.2, 0.25) is 0 Å². The average molecular weight is 570 g/mol. The van der Waals surface area contributed by atoms with Gasteiger partial charge in [0.25, 0.3) is 0 Å². The number of hydrogen-bond donors (Lipinski definition) is 1. The quantitative estimate of drug-likeness (QED) is 0.319. The summed E-state index contributed by atoms with van der Waals surface area (Å²) in [6.45, 7) is 4.75. The van der Waals surface area contributed by atoms with E-state index < -0.39 is 11.9 Å². The molecule has 1 aliphatic carbocycles. The number of nitrogens with one attached hydrogen (secondary N) is 1. The summed E-state index contributed by atoms with van der Waals surface area (Å²) in [7, 11) is 3.23. The number of Topliss-reactive ketones (excluding diaryl/α,β-unsaturated/α-hetero) is 1. The van der Waals surface area contributed by atoms with E-state index in [9.17, 15) is 9.59 Å². The van der Waals surface area contributed by atoms with E-state index in [4.69, 9.17) is 18.9 Å². The second-order valence-corrected chi connectivity index (χ2v) is 9.87. The Labute approximate surface area is 225 Å². The third-order valence-electron chi connectivity index (χ3n) is 6.81. The van der Waals surface area contributed by atoms with Crippen molar-refractivity contribution in [3.05, 3.63) is 80.6 Å². The van der Waals surface area contributed by atoms with Crippen molar-refractivity contribution in [2.24, 2.45) is 0 Å². The van der Waals surface area contributed by atoms with Crippen molar-refractivity contribution in [2.45, 2.75) is 38.5 Å². The van der Waals surface area contributed by atoms with Crippen molar-refractivity contribution in [3.8, 4) is 11.5 Å². The Balaban J connectivity index is 1.72. The van der Waals surface area contributed by atoms with E-state index in [0.29, 0.717) is 48.6 Å². The second kappa shape index (κ2) is 12.0. The van der Waals surface area contributed by atoms with Crippen LogP contribution in [0.4, 0.5) is 0 Å². The van der Waals surface area contributed by atoms with E-state index in [1.54, 1.807) is 14.2 Å². The van der Waals surface area contributed by atoms with Crippen LogP contribution in [0, 0.1) is 0 Å². The number of methoxy groups -OCH3 is 2. The largest absolute Gasteiger partial charge is 0.497 e. The molecule has 0 bridgehead atoms. The lowest BCUT2D eigenvalue weighted by atomic mass is 9.71. The van der Waals surface area contributed by atoms with E-state index in [0.717, 1.165) is 27.0 Å². The van der Waals surface area contributed by atoms with Crippen LogP contribution in [0.2, 0.25) is 0 Å². The Bertz CT molecular complexity index is 1230. The van der Waals surface area contributed by atoms with Gasteiger partial charge in [-0.15, -0.1) is 0 Å². The molecule has 37 heavy (non-hydrogen) atoms. The first kappa shape index (κ1) is 26.9. The predicted molar refractivity (Wildman–Crippen MR) is 144 cm³/mol. The molecule has 7 nitrogen and oxygen atoms in total. The zero-order valence-corrected chi connectivity index (χ0v) is 23.1. The minimum Gasteiger partial charge on any atom is -0.497 e. The van der Waals surface area contributed by atoms with Crippen LogP contribution in [-0.4, -0.2) is 45.8 Å². The molecule has 0 unspecified atom stereocenters. The second-order valence-electron chi connectivity index (χ2n) is 9.02. The monoisotopic (exact) mass is 569 g/mol. The highest BCUT2D eigenvalue weighted by Crippen LogP contribution is 2.46. The Hall–Kier alpha value is -3.10. The fraction of sp³-hybridized carbons (Fsp3) is 0.379. The molecule has 1 heterocycles. The van der Waals surface area contributed by atoms with Gasteiger partial charge in [0.15, 0.2) is 5.78 Å². The first-order valence-electron chi connectivity index (χ1n) is 12.3. The molecule has 0 saturated carbocycles. The smallest absolute Gasteiger partial charge is 0.336 e. The Morgan fingerprint density at radius 2 is 1.76 bits per heavy atom. The molecule has 4 rings (SSSR count). The molecule has 0 spiro atoms. The van der Waals surface area contributed by atoms with Crippen molar-refractivity contribution in [1.82, 2.24) is 5.32 Å². The molecule has 0 amide bonds. The third kappa shape index (κ3) is 5.75. The number of allylic oxidation sites excluding steroid dienone is 3. The molecule has 0 fully saturated rings. The molecule has 2 aromatic rings. The lowest BCUT2D eigenvalue weighted by molar-refractivity contribution is -0.140. The molecule has 1 N–H and O–H groups in total. The molecular weight excluding hydrogens is 538 g/mol. The number of benzene rings is 2. The number of hydrogen-bond acceptors (Lipinski definition) is 7. The van der Waals surface area contributed by atoms with Crippen molar-refractivity contribution >= 4 is 27.7 Å². The molecule has 0 radical (unpaired) electrons. The summed E-state index contributed by atoms with van der Waals surface area (Å²) in [6.07, 6.45) is 1.01. The van der Waals surface area contributed by atoms with Crippen LogP contribution in [0.3, 0.4) is 0 Å². The van der Waals surface area contributed by atoms with Crippen LogP contribution in [0.1, 0.15) is 49.7 Å². The van der Waals surface area contributed by atoms with Crippen molar-refractivity contribution in [2.75, 3.05) is 34.0 Å². The van der Waals surface area contributed by atoms with E-state index in [-0.39, 0.29) is 18.3 Å². The molecule has 0 aromatic heterocycles. The summed E-state index contributed by atoms with van der Waals surface area (Å²) >= 11 is 3.56. The van der Waals surface area contributed by atoms with Gasteiger partial charge in [0.05, 0.1) is 30.9 Å². The van der Waals surface area contributed by atoms with Crippen LogP contribution in [0.15, 0.2) is 69.5 Å². The highest BCUT2D eigenvalue weighted by atomic mass is 79.9. The standard InChI is InChI=1S/C29H32BrNO6/c1-5-36-12-13-37-29(33)26-17(2)31-23-15-20(18-6-9-21(34-3)10-7-18)16-24(32)28(23)27(26)19-8-11-25(35-4)22(30)14-19/h6-11,14,20,27,31H,5,12-13,15-16H2,1-4H3/t20-,27-/m0/s1. The summed E-state index contributed by atoms with van der Waals surface area (Å²) in [6, 6.07) is 13.5. The van der Waals surface area contributed by atoms with Crippen LogP contribution >= 0.6 is 15.9 Å². The summed E-state index contributed by atoms with van der Waals surface area (Å²) in [4.78, 5) is 27.1. The van der Waals surface area contributed by atoms with Crippen molar-refractivity contribution in [3.63, 3.8) is 0 Å². The number of ketones is 1. The Morgan fingerprint density at radius 1 is 1.03 bits per heavy atom. The van der Waals surface area contributed by atoms with Gasteiger partial charge in [0, 0.05) is 35.9 Å². The fourth-order valence-electron chi connectivity index (χ4n) is 5.03. The minimum absolute atomic E-state index is 0.0126. The SMILES string of the molecule is CCOCCOC(=O)C1=C(C)NC2=C(C(=O)C[C@@H](c3ccc(OC)cc3)C2)[C@H]1c1ccc(OC)c(Br)c1. The lowest BCUT2D eigenvalue weighted by Crippen LogP contribution is -2.36. The molecule has 2 aromatic carbocycles. The molecular formula is C29H32BrNO6. The number of carbonyl (C=O) groups is 2. The molecule has 2 aliphatic rings. The molecule has 0 saturated heterocycles. The van der Waals surface area contributed by atoms with E-state index in [1.165, 1.54) is 0 Å². The highest BCUT2D eigenvalue weighted by Gasteiger charge is 2.41.